The fraction of sp³-hybridized carbons (Fsp3) is 0.750. The first-order valence-electron chi connectivity index (χ1n) is 2.25. The molecule has 0 heterocycles. The first kappa shape index (κ1) is 7.39. The number of rotatable bonds is 2. The van der Waals surface area contributed by atoms with Crippen LogP contribution in [0.4, 0.5) is 0 Å². The van der Waals surface area contributed by atoms with E-state index in [1.165, 1.54) is 5.06 Å². The second-order valence-electron chi connectivity index (χ2n) is 1.48. The third-order valence-electron chi connectivity index (χ3n) is 0.451. The predicted molar refractivity (Wildman–Crippen MR) is 28.8 cm³/mol. The second kappa shape index (κ2) is 3.40. The maximum Gasteiger partial charge on any atom is 0.338 e. The SMILES string of the molecule is CN(C)OC(=O)CN. The normalized spacial score (nSPS) is 9.50. The number of hydrogen-bond acceptors (Lipinski definition) is 4. The number of carbonyl (C=O) groups is 1. The fourth-order valence-electron chi connectivity index (χ4n) is 0.241. The lowest BCUT2D eigenvalue weighted by Crippen LogP contribution is -2.24. The molecule has 0 aromatic carbocycles. The summed E-state index contributed by atoms with van der Waals surface area (Å²) < 4.78 is 0. The maximum atomic E-state index is 10.2. The van der Waals surface area contributed by atoms with Crippen molar-refractivity contribution >= 4 is 5.97 Å². The third-order valence-corrected chi connectivity index (χ3v) is 0.451. The first-order valence-corrected chi connectivity index (χ1v) is 2.25. The first-order chi connectivity index (χ1) is 3.66. The minimum absolute atomic E-state index is 0.0713. The van der Waals surface area contributed by atoms with E-state index in [2.05, 4.69) is 4.84 Å². The van der Waals surface area contributed by atoms with E-state index in [1.54, 1.807) is 14.1 Å². The zero-order valence-corrected chi connectivity index (χ0v) is 5.05. The molecule has 0 aliphatic heterocycles. The number of carbonyl (C=O) groups excluding carboxylic acids is 1. The summed E-state index contributed by atoms with van der Waals surface area (Å²) in [5.41, 5.74) is 4.92. The van der Waals surface area contributed by atoms with Gasteiger partial charge in [-0.05, 0) is 0 Å². The van der Waals surface area contributed by atoms with Crippen molar-refractivity contribution < 1.29 is 9.63 Å². The molecule has 0 atom stereocenters. The molecule has 2 N–H and O–H groups in total. The van der Waals surface area contributed by atoms with Gasteiger partial charge in [-0.2, -0.15) is 0 Å². The van der Waals surface area contributed by atoms with Crippen molar-refractivity contribution in [1.82, 2.24) is 5.06 Å². The molecule has 0 bridgehead atoms. The Bertz CT molecular complexity index is 82.1. The van der Waals surface area contributed by atoms with Gasteiger partial charge >= 0.3 is 5.97 Å². The Morgan fingerprint density at radius 1 is 1.75 bits per heavy atom. The Kier molecular flexibility index (Phi) is 3.14. The lowest BCUT2D eigenvalue weighted by molar-refractivity contribution is -0.176. The molecular weight excluding hydrogens is 108 g/mol. The molecule has 0 saturated carbocycles. The van der Waals surface area contributed by atoms with E-state index in [0.29, 0.717) is 0 Å². The average molecular weight is 118 g/mol. The van der Waals surface area contributed by atoms with Gasteiger partial charge in [0.25, 0.3) is 0 Å². The quantitative estimate of drug-likeness (QED) is 0.471. The molecule has 0 aromatic heterocycles. The molecule has 0 radical (unpaired) electrons. The Balaban J connectivity index is 3.25. The van der Waals surface area contributed by atoms with Crippen molar-refractivity contribution in [3.63, 3.8) is 0 Å². The van der Waals surface area contributed by atoms with Crippen LogP contribution in [0.5, 0.6) is 0 Å². The molecule has 0 aliphatic carbocycles. The Hall–Kier alpha value is -0.610. The summed E-state index contributed by atoms with van der Waals surface area (Å²) in [6.07, 6.45) is 0. The van der Waals surface area contributed by atoms with Gasteiger partial charge in [-0.25, -0.2) is 4.79 Å². The van der Waals surface area contributed by atoms with Crippen molar-refractivity contribution in [1.29, 1.82) is 0 Å². The van der Waals surface area contributed by atoms with E-state index in [0.717, 1.165) is 0 Å². The van der Waals surface area contributed by atoms with Gasteiger partial charge in [-0.15, -0.1) is 5.06 Å². The van der Waals surface area contributed by atoms with Crippen LogP contribution in [0.1, 0.15) is 0 Å². The minimum atomic E-state index is -0.421. The van der Waals surface area contributed by atoms with Crippen LogP contribution in [0.2, 0.25) is 0 Å². The van der Waals surface area contributed by atoms with Crippen molar-refractivity contribution in [2.75, 3.05) is 20.6 Å². The van der Waals surface area contributed by atoms with Gasteiger partial charge in [0.15, 0.2) is 0 Å². The number of nitrogens with two attached hydrogens (primary N) is 1. The Labute approximate surface area is 48.2 Å². The monoisotopic (exact) mass is 118 g/mol. The van der Waals surface area contributed by atoms with Crippen LogP contribution in [-0.2, 0) is 9.63 Å². The standard InChI is InChI=1S/C4H10N2O2/c1-6(2)8-4(7)3-5/h3,5H2,1-2H3. The van der Waals surface area contributed by atoms with Gasteiger partial charge in [-0.1, -0.05) is 0 Å². The zero-order chi connectivity index (χ0) is 6.57. The van der Waals surface area contributed by atoms with E-state index in [4.69, 9.17) is 5.73 Å². The lowest BCUT2D eigenvalue weighted by atomic mass is 10.7. The van der Waals surface area contributed by atoms with Crippen LogP contribution in [0.3, 0.4) is 0 Å². The highest BCUT2D eigenvalue weighted by atomic mass is 16.7. The van der Waals surface area contributed by atoms with Crippen molar-refractivity contribution in [3.8, 4) is 0 Å². The van der Waals surface area contributed by atoms with Crippen LogP contribution >= 0.6 is 0 Å². The summed E-state index contributed by atoms with van der Waals surface area (Å²) in [6, 6.07) is 0. The summed E-state index contributed by atoms with van der Waals surface area (Å²) in [7, 11) is 3.24. The highest BCUT2D eigenvalue weighted by molar-refractivity contribution is 5.70. The van der Waals surface area contributed by atoms with Crippen molar-refractivity contribution in [3.05, 3.63) is 0 Å². The van der Waals surface area contributed by atoms with Gasteiger partial charge in [0.1, 0.15) is 0 Å². The van der Waals surface area contributed by atoms with Crippen LogP contribution in [0.15, 0.2) is 0 Å². The summed E-state index contributed by atoms with van der Waals surface area (Å²) in [5, 5.41) is 1.30. The molecule has 0 saturated heterocycles. The Morgan fingerprint density at radius 3 is 2.38 bits per heavy atom. The molecule has 0 unspecified atom stereocenters. The zero-order valence-electron chi connectivity index (χ0n) is 5.05. The molecule has 0 aromatic rings. The van der Waals surface area contributed by atoms with Crippen LogP contribution < -0.4 is 5.73 Å². The van der Waals surface area contributed by atoms with E-state index >= 15 is 0 Å². The molecule has 4 heteroatoms. The summed E-state index contributed by atoms with van der Waals surface area (Å²) >= 11 is 0. The number of hydrogen-bond donors (Lipinski definition) is 1. The van der Waals surface area contributed by atoms with E-state index < -0.39 is 5.97 Å². The summed E-state index contributed by atoms with van der Waals surface area (Å²) in [6.45, 7) is -0.0713. The second-order valence-corrected chi connectivity index (χ2v) is 1.48. The molecule has 0 aliphatic rings. The topological polar surface area (TPSA) is 55.6 Å². The smallest absolute Gasteiger partial charge is 0.338 e. The molecule has 8 heavy (non-hydrogen) atoms. The van der Waals surface area contributed by atoms with Gasteiger partial charge in [-0.3, -0.25) is 0 Å². The highest BCUT2D eigenvalue weighted by Gasteiger charge is 1.97. The lowest BCUT2D eigenvalue weighted by Gasteiger charge is -2.07. The third kappa shape index (κ3) is 3.58. The average Bonchev–Trinajstić information content (AvgIpc) is 1.65. The van der Waals surface area contributed by atoms with Crippen molar-refractivity contribution in [2.45, 2.75) is 0 Å². The summed E-state index contributed by atoms with van der Waals surface area (Å²) in [4.78, 5) is 14.7. The van der Waals surface area contributed by atoms with Gasteiger partial charge < -0.3 is 10.6 Å². The molecule has 0 spiro atoms. The predicted octanol–water partition coefficient (Wildman–Crippen LogP) is -1.04. The van der Waals surface area contributed by atoms with Crippen LogP contribution in [0.25, 0.3) is 0 Å². The van der Waals surface area contributed by atoms with Crippen molar-refractivity contribution in [2.24, 2.45) is 5.73 Å². The maximum absolute atomic E-state index is 10.2. The molecule has 0 amide bonds. The van der Waals surface area contributed by atoms with Crippen LogP contribution in [-0.4, -0.2) is 31.7 Å². The van der Waals surface area contributed by atoms with Gasteiger partial charge in [0.2, 0.25) is 0 Å². The van der Waals surface area contributed by atoms with E-state index in [-0.39, 0.29) is 6.54 Å². The minimum Gasteiger partial charge on any atom is -0.367 e. The highest BCUT2D eigenvalue weighted by Crippen LogP contribution is 1.76. The largest absolute Gasteiger partial charge is 0.367 e. The molecular formula is C4H10N2O2. The molecule has 0 rings (SSSR count). The number of nitrogens with zero attached hydrogens (tertiary/aromatic N) is 1. The van der Waals surface area contributed by atoms with E-state index in [1.807, 2.05) is 0 Å². The number of hydroxylamine groups is 2. The van der Waals surface area contributed by atoms with E-state index in [9.17, 15) is 4.79 Å². The Morgan fingerprint density at radius 2 is 2.25 bits per heavy atom. The van der Waals surface area contributed by atoms with Gasteiger partial charge in [0.05, 0.1) is 6.54 Å². The molecule has 48 valence electrons. The molecule has 0 fully saturated rings. The summed E-state index contributed by atoms with van der Waals surface area (Å²) in [5.74, 6) is -0.421. The fourth-order valence-corrected chi connectivity index (χ4v) is 0.241. The van der Waals surface area contributed by atoms with Gasteiger partial charge in [0, 0.05) is 14.1 Å². The van der Waals surface area contributed by atoms with Crippen LogP contribution in [0, 0.1) is 0 Å². The molecule has 4 nitrogen and oxygen atoms in total.